The summed E-state index contributed by atoms with van der Waals surface area (Å²) in [6, 6.07) is 0. The van der Waals surface area contributed by atoms with Gasteiger partial charge in [0.05, 0.1) is 0 Å². The first-order valence-corrected chi connectivity index (χ1v) is 23.6. The van der Waals surface area contributed by atoms with Crippen LogP contribution in [0.15, 0.2) is 60.3 Å². The first-order chi connectivity index (χ1) is 26.6. The first kappa shape index (κ1) is 68.6. The van der Waals surface area contributed by atoms with Gasteiger partial charge >= 0.3 is 0 Å². The minimum absolute atomic E-state index is 0.500. The molecule has 0 amide bonds. The summed E-state index contributed by atoms with van der Waals surface area (Å²) < 4.78 is 0. The molecule has 0 bridgehead atoms. The molecule has 2 atom stereocenters. The van der Waals surface area contributed by atoms with E-state index in [9.17, 15) is 0 Å². The van der Waals surface area contributed by atoms with Crippen LogP contribution in [0.1, 0.15) is 240 Å². The van der Waals surface area contributed by atoms with Crippen molar-refractivity contribution in [2.45, 2.75) is 240 Å². The molecular formula is C55H104S. The normalized spacial score (nSPS) is 12.4. The number of thiocarbonyl (C=S) groups is 1. The van der Waals surface area contributed by atoms with Gasteiger partial charge < -0.3 is 0 Å². The molecular weight excluding hydrogens is 693 g/mol. The second kappa shape index (κ2) is 57.2. The highest BCUT2D eigenvalue weighted by Gasteiger charge is 2.28. The Hall–Kier alpha value is -2.09. The molecule has 0 spiro atoms. The quantitative estimate of drug-likeness (QED) is 0.0263. The lowest BCUT2D eigenvalue weighted by Gasteiger charge is -2.09. The molecule has 0 aromatic carbocycles. The molecule has 56 heavy (non-hydrogen) atoms. The SMILES string of the molecule is C#C.C#CCC(CC)C1CC1.C=C(/C=C\CCCC)CCCCCCC/C=C\C(=C/C)C(=S)CCC(C)CC.C=C(C)CC.CC.CC.CC(C)(C)C.CCC. The average Bonchev–Trinajstić information content (AvgIpc) is 4.03. The zero-order valence-corrected chi connectivity index (χ0v) is 42.4. The Morgan fingerprint density at radius 3 is 1.62 bits per heavy atom. The monoisotopic (exact) mass is 797 g/mol. The third kappa shape index (κ3) is 73.1. The predicted molar refractivity (Wildman–Crippen MR) is 273 cm³/mol. The number of terminal acetylenes is 2. The summed E-state index contributed by atoms with van der Waals surface area (Å²) in [6.45, 7) is 44.1. The van der Waals surface area contributed by atoms with E-state index in [4.69, 9.17) is 18.6 Å². The zero-order chi connectivity index (χ0) is 45.2. The van der Waals surface area contributed by atoms with E-state index in [1.54, 1.807) is 0 Å². The number of allylic oxidation sites excluding steroid dienone is 8. The van der Waals surface area contributed by atoms with Crippen LogP contribution in [0.4, 0.5) is 0 Å². The highest BCUT2D eigenvalue weighted by molar-refractivity contribution is 7.80. The smallest absolute Gasteiger partial charge is 0.0221 e. The number of unbranched alkanes of at least 4 members (excludes halogenated alkanes) is 7. The summed E-state index contributed by atoms with van der Waals surface area (Å²) in [6.07, 6.45) is 48.1. The minimum atomic E-state index is 0.500. The molecule has 0 nitrogen and oxygen atoms in total. The molecule has 0 aliphatic heterocycles. The Balaban J connectivity index is -0.000000138. The third-order valence-corrected chi connectivity index (χ3v) is 8.67. The van der Waals surface area contributed by atoms with Crippen molar-refractivity contribution in [1.29, 1.82) is 0 Å². The van der Waals surface area contributed by atoms with Crippen molar-refractivity contribution in [3.8, 4) is 25.2 Å². The second-order valence-electron chi connectivity index (χ2n) is 16.1. The molecule has 330 valence electrons. The fraction of sp³-hybridized carbons (Fsp3) is 0.727. The largest absolute Gasteiger partial charge is 0.124 e. The summed E-state index contributed by atoms with van der Waals surface area (Å²) in [7, 11) is 0. The van der Waals surface area contributed by atoms with Crippen LogP contribution in [0.3, 0.4) is 0 Å². The lowest BCUT2D eigenvalue weighted by Crippen LogP contribution is -2.01. The maximum atomic E-state index is 5.62. The molecule has 0 N–H and O–H groups in total. The van der Waals surface area contributed by atoms with E-state index in [-0.39, 0.29) is 0 Å². The van der Waals surface area contributed by atoms with Crippen LogP contribution in [-0.4, -0.2) is 4.86 Å². The number of rotatable bonds is 22. The maximum Gasteiger partial charge on any atom is 0.0221 e. The molecule has 0 saturated heterocycles. The van der Waals surface area contributed by atoms with Crippen LogP contribution in [-0.2, 0) is 0 Å². The Kier molecular flexibility index (Phi) is 70.1. The van der Waals surface area contributed by atoms with Crippen LogP contribution in [0.5, 0.6) is 0 Å². The van der Waals surface area contributed by atoms with E-state index in [1.165, 1.54) is 107 Å². The molecule has 0 radical (unpaired) electrons. The first-order valence-electron chi connectivity index (χ1n) is 23.2. The molecule has 2 unspecified atom stereocenters. The van der Waals surface area contributed by atoms with Crippen LogP contribution < -0.4 is 0 Å². The average molecular weight is 798 g/mol. The topological polar surface area (TPSA) is 0 Å². The Bertz CT molecular complexity index is 943. The van der Waals surface area contributed by atoms with Crippen molar-refractivity contribution >= 4 is 17.1 Å². The van der Waals surface area contributed by atoms with Gasteiger partial charge in [-0.15, -0.1) is 31.8 Å². The molecule has 0 aromatic heterocycles. The molecule has 1 heteroatoms. The van der Waals surface area contributed by atoms with Gasteiger partial charge in [-0.25, -0.2) is 0 Å². The van der Waals surface area contributed by atoms with Gasteiger partial charge in [0.25, 0.3) is 0 Å². The van der Waals surface area contributed by atoms with Gasteiger partial charge in [-0.1, -0.05) is 216 Å². The highest BCUT2D eigenvalue weighted by Crippen LogP contribution is 2.39. The Morgan fingerprint density at radius 1 is 0.786 bits per heavy atom. The van der Waals surface area contributed by atoms with Gasteiger partial charge in [0.15, 0.2) is 0 Å². The van der Waals surface area contributed by atoms with E-state index in [2.05, 4.69) is 145 Å². The minimum Gasteiger partial charge on any atom is -0.124 e. The summed E-state index contributed by atoms with van der Waals surface area (Å²) in [5, 5.41) is 0. The van der Waals surface area contributed by atoms with Gasteiger partial charge in [0.2, 0.25) is 0 Å². The number of hydrogen-bond acceptors (Lipinski definition) is 1. The summed E-state index contributed by atoms with van der Waals surface area (Å²) in [5.41, 5.74) is 4.30. The van der Waals surface area contributed by atoms with Crippen molar-refractivity contribution in [1.82, 2.24) is 0 Å². The van der Waals surface area contributed by atoms with Crippen molar-refractivity contribution in [3.05, 3.63) is 60.3 Å². The van der Waals surface area contributed by atoms with Gasteiger partial charge in [-0.05, 0) is 107 Å². The maximum absolute atomic E-state index is 5.62. The van der Waals surface area contributed by atoms with Crippen LogP contribution >= 0.6 is 12.2 Å². The summed E-state index contributed by atoms with van der Waals surface area (Å²) in [5.74, 6) is 5.35. The lowest BCUT2D eigenvalue weighted by atomic mass is 9.97. The van der Waals surface area contributed by atoms with Crippen molar-refractivity contribution in [3.63, 3.8) is 0 Å². The third-order valence-electron chi connectivity index (χ3n) is 8.23. The molecule has 1 saturated carbocycles. The number of hydrogen-bond donors (Lipinski definition) is 0. The summed E-state index contributed by atoms with van der Waals surface area (Å²) >= 11 is 5.62. The van der Waals surface area contributed by atoms with Crippen LogP contribution in [0, 0.1) is 48.4 Å². The predicted octanol–water partition coefficient (Wildman–Crippen LogP) is 19.9. The van der Waals surface area contributed by atoms with E-state index in [1.807, 2.05) is 34.6 Å². The van der Waals surface area contributed by atoms with Crippen molar-refractivity contribution in [2.75, 3.05) is 0 Å². The van der Waals surface area contributed by atoms with Gasteiger partial charge in [0, 0.05) is 11.3 Å². The van der Waals surface area contributed by atoms with Crippen molar-refractivity contribution in [2.24, 2.45) is 23.2 Å². The molecule has 1 rings (SSSR count). The van der Waals surface area contributed by atoms with Crippen LogP contribution in [0.25, 0.3) is 0 Å². The second-order valence-corrected chi connectivity index (χ2v) is 16.6. The molecule has 0 heterocycles. The molecule has 1 aliphatic carbocycles. The molecule has 1 fully saturated rings. The van der Waals surface area contributed by atoms with Gasteiger partial charge in [-0.3, -0.25) is 0 Å². The highest BCUT2D eigenvalue weighted by atomic mass is 32.1. The van der Waals surface area contributed by atoms with Gasteiger partial charge in [0.1, 0.15) is 0 Å². The standard InChI is InChI=1S/C27H46S.C9H14.C5H12.C5H10.C3H8.2C2H6.C2H2/c1-6-9-10-16-19-25(5)20-17-14-12-11-13-15-18-21-26(8-3)27(28)23-22-24(4)7-2;1-3-5-8(4-2)9-6-7-9;1-5(2,3)4;1-4-5(2)3;1-3-2;3*1-2/h8,16,18-19,21,24H,5-7,9-15,17,20,22-23H2,1-4H3;1,8-9H,4-7H2,2H3;1-4H3;2,4H2,1,3H3;3H2,1-2H3;2*1-2H3;1-2H/b19-16-,21-18-,26-8+;;;;;;;. The lowest BCUT2D eigenvalue weighted by molar-refractivity contribution is 0.459. The summed E-state index contributed by atoms with van der Waals surface area (Å²) in [4.78, 5) is 1.13. The van der Waals surface area contributed by atoms with E-state index in [0.717, 1.165) is 54.7 Å². The molecule has 0 aromatic rings. The Morgan fingerprint density at radius 2 is 1.23 bits per heavy atom. The Labute approximate surface area is 363 Å². The zero-order valence-electron chi connectivity index (χ0n) is 41.6. The van der Waals surface area contributed by atoms with Gasteiger partial charge in [-0.2, -0.15) is 0 Å². The van der Waals surface area contributed by atoms with E-state index < -0.39 is 0 Å². The van der Waals surface area contributed by atoms with E-state index in [0.29, 0.717) is 5.41 Å². The fourth-order valence-corrected chi connectivity index (χ4v) is 4.75. The van der Waals surface area contributed by atoms with E-state index >= 15 is 0 Å². The van der Waals surface area contributed by atoms with Crippen molar-refractivity contribution < 1.29 is 0 Å². The fourth-order valence-electron chi connectivity index (χ4n) is 4.45. The molecule has 1 aliphatic rings. The van der Waals surface area contributed by atoms with Crippen LogP contribution in [0.2, 0.25) is 0 Å².